The molecule has 0 aromatic heterocycles. The smallest absolute Gasteiger partial charge is 0.223 e. The molecular weight excluding hydrogens is 268 g/mol. The molecule has 0 saturated carbocycles. The molecule has 0 aliphatic rings. The highest BCUT2D eigenvalue weighted by Gasteiger charge is 2.07. The van der Waals surface area contributed by atoms with E-state index in [1.807, 2.05) is 25.1 Å². The van der Waals surface area contributed by atoms with Crippen LogP contribution in [0.2, 0.25) is 0 Å². The normalized spacial score (nSPS) is 10.2. The van der Waals surface area contributed by atoms with Crippen LogP contribution in [-0.2, 0) is 11.3 Å². The molecular formula is C16H26N2O3. The van der Waals surface area contributed by atoms with E-state index in [4.69, 9.17) is 9.47 Å². The quantitative estimate of drug-likeness (QED) is 0.649. The lowest BCUT2D eigenvalue weighted by Gasteiger charge is -2.13. The third-order valence-corrected chi connectivity index (χ3v) is 2.93. The second-order valence-corrected chi connectivity index (χ2v) is 4.66. The Balaban J connectivity index is 2.62. The Morgan fingerprint density at radius 1 is 1.19 bits per heavy atom. The van der Waals surface area contributed by atoms with Crippen molar-refractivity contribution in [2.75, 3.05) is 26.8 Å². The highest BCUT2D eigenvalue weighted by Crippen LogP contribution is 2.28. The lowest BCUT2D eigenvalue weighted by Crippen LogP contribution is -2.20. The van der Waals surface area contributed by atoms with Gasteiger partial charge >= 0.3 is 0 Å². The second-order valence-electron chi connectivity index (χ2n) is 4.66. The molecule has 2 N–H and O–H groups in total. The lowest BCUT2D eigenvalue weighted by atomic mass is 10.2. The van der Waals surface area contributed by atoms with Crippen molar-refractivity contribution >= 4 is 5.91 Å². The summed E-state index contributed by atoms with van der Waals surface area (Å²) in [6, 6.07) is 5.90. The average molecular weight is 294 g/mol. The number of ether oxygens (including phenoxy) is 2. The minimum Gasteiger partial charge on any atom is -0.490 e. The van der Waals surface area contributed by atoms with Crippen LogP contribution in [0.3, 0.4) is 0 Å². The minimum absolute atomic E-state index is 0.0339. The van der Waals surface area contributed by atoms with Gasteiger partial charge in [0.25, 0.3) is 0 Å². The summed E-state index contributed by atoms with van der Waals surface area (Å²) < 4.78 is 11.3. The topological polar surface area (TPSA) is 59.6 Å². The number of carbonyl (C=O) groups excluding carboxylic acids is 1. The molecule has 1 aromatic carbocycles. The molecule has 0 atom stereocenters. The molecule has 1 aromatic rings. The van der Waals surface area contributed by atoms with Gasteiger partial charge in [0.1, 0.15) is 0 Å². The summed E-state index contributed by atoms with van der Waals surface area (Å²) in [5, 5.41) is 5.93. The zero-order valence-electron chi connectivity index (χ0n) is 13.2. The van der Waals surface area contributed by atoms with E-state index in [-0.39, 0.29) is 5.91 Å². The van der Waals surface area contributed by atoms with Crippen LogP contribution in [0, 0.1) is 0 Å². The van der Waals surface area contributed by atoms with Crippen molar-refractivity contribution in [1.82, 2.24) is 10.6 Å². The zero-order chi connectivity index (χ0) is 15.5. The zero-order valence-corrected chi connectivity index (χ0v) is 13.2. The van der Waals surface area contributed by atoms with Crippen LogP contribution in [-0.4, -0.2) is 32.7 Å². The highest BCUT2D eigenvalue weighted by atomic mass is 16.5. The maximum absolute atomic E-state index is 11.2. The third-order valence-electron chi connectivity index (χ3n) is 2.93. The molecule has 0 radical (unpaired) electrons. The average Bonchev–Trinajstić information content (AvgIpc) is 2.49. The molecule has 0 fully saturated rings. The number of nitrogens with one attached hydrogen (secondary N) is 2. The first-order valence-corrected chi connectivity index (χ1v) is 7.51. The van der Waals surface area contributed by atoms with Crippen molar-refractivity contribution in [2.24, 2.45) is 0 Å². The van der Waals surface area contributed by atoms with Crippen molar-refractivity contribution in [3.8, 4) is 11.5 Å². The van der Waals surface area contributed by atoms with E-state index >= 15 is 0 Å². The molecule has 0 bridgehead atoms. The van der Waals surface area contributed by atoms with E-state index in [1.165, 1.54) is 0 Å². The van der Waals surface area contributed by atoms with Gasteiger partial charge in [0.05, 0.1) is 19.6 Å². The number of hydrogen-bond donors (Lipinski definition) is 2. The van der Waals surface area contributed by atoms with Gasteiger partial charge in [-0.2, -0.15) is 0 Å². The van der Waals surface area contributed by atoms with E-state index < -0.39 is 0 Å². The minimum atomic E-state index is -0.0339. The number of benzene rings is 1. The molecule has 0 aliphatic heterocycles. The van der Waals surface area contributed by atoms with Gasteiger partial charge in [0.15, 0.2) is 11.5 Å². The molecule has 1 rings (SSSR count). The van der Waals surface area contributed by atoms with Crippen molar-refractivity contribution in [1.29, 1.82) is 0 Å². The summed E-state index contributed by atoms with van der Waals surface area (Å²) in [5.41, 5.74) is 1.16. The van der Waals surface area contributed by atoms with Gasteiger partial charge in [-0.1, -0.05) is 13.0 Å². The Bertz CT molecular complexity index is 436. The Kier molecular flexibility index (Phi) is 8.28. The molecule has 5 nitrogen and oxygen atoms in total. The monoisotopic (exact) mass is 294 g/mol. The second kappa shape index (κ2) is 10.0. The van der Waals surface area contributed by atoms with E-state index in [9.17, 15) is 4.79 Å². The SMILES string of the molecule is CCCNCc1ccc(OCCC(=O)NC)c(OCC)c1. The summed E-state index contributed by atoms with van der Waals surface area (Å²) in [5.74, 6) is 1.37. The van der Waals surface area contributed by atoms with Crippen LogP contribution in [0.25, 0.3) is 0 Å². The fourth-order valence-corrected chi connectivity index (χ4v) is 1.84. The summed E-state index contributed by atoms with van der Waals surface area (Å²) >= 11 is 0. The van der Waals surface area contributed by atoms with Gasteiger partial charge in [-0.3, -0.25) is 4.79 Å². The summed E-state index contributed by atoms with van der Waals surface area (Å²) in [6.07, 6.45) is 1.45. The summed E-state index contributed by atoms with van der Waals surface area (Å²) in [7, 11) is 1.62. The van der Waals surface area contributed by atoms with Crippen LogP contribution >= 0.6 is 0 Å². The first-order valence-electron chi connectivity index (χ1n) is 7.51. The third kappa shape index (κ3) is 6.49. The Morgan fingerprint density at radius 2 is 2.00 bits per heavy atom. The molecule has 1 amide bonds. The first-order chi connectivity index (χ1) is 10.2. The van der Waals surface area contributed by atoms with Crippen LogP contribution in [0.4, 0.5) is 0 Å². The van der Waals surface area contributed by atoms with Crippen molar-refractivity contribution in [3.05, 3.63) is 23.8 Å². The largest absolute Gasteiger partial charge is 0.490 e. The van der Waals surface area contributed by atoms with Crippen LogP contribution < -0.4 is 20.1 Å². The molecule has 21 heavy (non-hydrogen) atoms. The Hall–Kier alpha value is -1.75. The molecule has 118 valence electrons. The fraction of sp³-hybridized carbons (Fsp3) is 0.562. The summed E-state index contributed by atoms with van der Waals surface area (Å²) in [6.45, 7) is 6.81. The van der Waals surface area contributed by atoms with Crippen LogP contribution in [0.1, 0.15) is 32.3 Å². The van der Waals surface area contributed by atoms with E-state index in [0.29, 0.717) is 25.4 Å². The molecule has 0 heterocycles. The number of carbonyl (C=O) groups is 1. The Morgan fingerprint density at radius 3 is 2.67 bits per heavy atom. The maximum Gasteiger partial charge on any atom is 0.223 e. The standard InChI is InChI=1S/C16H26N2O3/c1-4-9-18-12-13-6-7-14(15(11-13)20-5-2)21-10-8-16(19)17-3/h6-7,11,18H,4-5,8-10,12H2,1-3H3,(H,17,19). The van der Waals surface area contributed by atoms with E-state index in [0.717, 1.165) is 30.8 Å². The number of amides is 1. The van der Waals surface area contributed by atoms with Gasteiger partial charge in [0.2, 0.25) is 5.91 Å². The van der Waals surface area contributed by atoms with E-state index in [2.05, 4.69) is 17.6 Å². The summed E-state index contributed by atoms with van der Waals surface area (Å²) in [4.78, 5) is 11.2. The van der Waals surface area contributed by atoms with Crippen LogP contribution in [0.15, 0.2) is 18.2 Å². The van der Waals surface area contributed by atoms with Crippen molar-refractivity contribution < 1.29 is 14.3 Å². The highest BCUT2D eigenvalue weighted by molar-refractivity contribution is 5.75. The van der Waals surface area contributed by atoms with Gasteiger partial charge in [-0.15, -0.1) is 0 Å². The predicted molar refractivity (Wildman–Crippen MR) is 83.8 cm³/mol. The molecule has 0 saturated heterocycles. The lowest BCUT2D eigenvalue weighted by molar-refractivity contribution is -0.121. The number of rotatable bonds is 10. The van der Waals surface area contributed by atoms with Gasteiger partial charge < -0.3 is 20.1 Å². The predicted octanol–water partition coefficient (Wildman–Crippen LogP) is 2.10. The number of hydrogen-bond acceptors (Lipinski definition) is 4. The maximum atomic E-state index is 11.2. The first kappa shape index (κ1) is 17.3. The van der Waals surface area contributed by atoms with Crippen molar-refractivity contribution in [3.63, 3.8) is 0 Å². The van der Waals surface area contributed by atoms with Gasteiger partial charge in [-0.25, -0.2) is 0 Å². The van der Waals surface area contributed by atoms with Gasteiger partial charge in [-0.05, 0) is 37.6 Å². The molecule has 0 unspecified atom stereocenters. The van der Waals surface area contributed by atoms with Crippen molar-refractivity contribution in [2.45, 2.75) is 33.2 Å². The van der Waals surface area contributed by atoms with E-state index in [1.54, 1.807) is 7.05 Å². The fourth-order valence-electron chi connectivity index (χ4n) is 1.84. The van der Waals surface area contributed by atoms with Gasteiger partial charge in [0, 0.05) is 13.6 Å². The van der Waals surface area contributed by atoms with Crippen LogP contribution in [0.5, 0.6) is 11.5 Å². The molecule has 0 spiro atoms. The Labute approximate surface area is 127 Å². The molecule has 0 aliphatic carbocycles. The molecule has 5 heteroatoms.